The van der Waals surface area contributed by atoms with Gasteiger partial charge in [0.25, 0.3) is 0 Å². The van der Waals surface area contributed by atoms with Crippen LogP contribution in [0.2, 0.25) is 0 Å². The number of halogens is 3. The zero-order valence-corrected chi connectivity index (χ0v) is 7.95. The molecule has 0 saturated heterocycles. The van der Waals surface area contributed by atoms with Crippen molar-refractivity contribution in [2.75, 3.05) is 0 Å². The molecule has 12 heavy (non-hydrogen) atoms. The zero-order chi connectivity index (χ0) is 9.61. The molecule has 1 unspecified atom stereocenters. The Morgan fingerprint density at radius 1 is 1.33 bits per heavy atom. The minimum atomic E-state index is -3.47. The van der Waals surface area contributed by atoms with Crippen molar-refractivity contribution in [1.82, 2.24) is 0 Å². The van der Waals surface area contributed by atoms with E-state index in [2.05, 4.69) is 11.6 Å². The van der Waals surface area contributed by atoms with Gasteiger partial charge < -0.3 is 5.11 Å². The van der Waals surface area contributed by atoms with Crippen LogP contribution >= 0.6 is 11.6 Å². The fourth-order valence-electron chi connectivity index (χ4n) is 0.928. The lowest BCUT2D eigenvalue weighted by atomic mass is 10.1. The molecule has 0 aliphatic rings. The van der Waals surface area contributed by atoms with Gasteiger partial charge >= 0.3 is 5.38 Å². The van der Waals surface area contributed by atoms with Gasteiger partial charge in [0.15, 0.2) is 0 Å². The Morgan fingerprint density at radius 3 is 2.33 bits per heavy atom. The fraction of sp³-hybridized carbons (Fsp3) is 1.00. The summed E-state index contributed by atoms with van der Waals surface area (Å²) in [5.41, 5.74) is 0. The molecule has 0 aliphatic heterocycles. The summed E-state index contributed by atoms with van der Waals surface area (Å²) >= 11 is 4.61. The Bertz CT molecular complexity index is 114. The summed E-state index contributed by atoms with van der Waals surface area (Å²) in [6.07, 6.45) is 1.93. The summed E-state index contributed by atoms with van der Waals surface area (Å²) in [6, 6.07) is 0. The monoisotopic (exact) mass is 200 g/mol. The quantitative estimate of drug-likeness (QED) is 0.516. The normalized spacial score (nSPS) is 14.8. The average molecular weight is 201 g/mol. The van der Waals surface area contributed by atoms with Gasteiger partial charge in [-0.3, -0.25) is 0 Å². The van der Waals surface area contributed by atoms with Crippen LogP contribution in [-0.4, -0.2) is 16.6 Å². The van der Waals surface area contributed by atoms with E-state index >= 15 is 0 Å². The van der Waals surface area contributed by atoms with Gasteiger partial charge in [0.2, 0.25) is 0 Å². The van der Waals surface area contributed by atoms with Gasteiger partial charge in [0.05, 0.1) is 0 Å². The molecule has 74 valence electrons. The van der Waals surface area contributed by atoms with Crippen LogP contribution in [0.4, 0.5) is 8.78 Å². The molecule has 0 aliphatic carbocycles. The molecule has 1 nitrogen and oxygen atoms in total. The van der Waals surface area contributed by atoms with E-state index < -0.39 is 11.5 Å². The SMILES string of the molecule is CCCCCCC(O)C(F)(F)Cl. The average Bonchev–Trinajstić information content (AvgIpc) is 1.96. The largest absolute Gasteiger partial charge is 0.385 e. The molecule has 0 fully saturated rings. The molecule has 0 radical (unpaired) electrons. The Balaban J connectivity index is 3.38. The van der Waals surface area contributed by atoms with Gasteiger partial charge in [0, 0.05) is 0 Å². The van der Waals surface area contributed by atoms with Crippen LogP contribution in [0.15, 0.2) is 0 Å². The van der Waals surface area contributed by atoms with Crippen LogP contribution in [0.3, 0.4) is 0 Å². The summed E-state index contributed by atoms with van der Waals surface area (Å²) in [4.78, 5) is 0. The number of aliphatic hydroxyl groups is 1. The minimum Gasteiger partial charge on any atom is -0.385 e. The fourth-order valence-corrected chi connectivity index (χ4v) is 1.04. The van der Waals surface area contributed by atoms with Crippen LogP contribution in [-0.2, 0) is 0 Å². The van der Waals surface area contributed by atoms with Crippen molar-refractivity contribution < 1.29 is 13.9 Å². The second-order valence-corrected chi connectivity index (χ2v) is 3.41. The lowest BCUT2D eigenvalue weighted by molar-refractivity contribution is -0.0452. The lowest BCUT2D eigenvalue weighted by Gasteiger charge is -2.15. The molecule has 0 rings (SSSR count). The molecule has 0 aromatic heterocycles. The van der Waals surface area contributed by atoms with E-state index in [1.54, 1.807) is 0 Å². The maximum atomic E-state index is 12.1. The molecule has 0 heterocycles. The van der Waals surface area contributed by atoms with E-state index in [1.165, 1.54) is 0 Å². The van der Waals surface area contributed by atoms with Crippen molar-refractivity contribution in [3.8, 4) is 0 Å². The predicted molar refractivity (Wildman–Crippen MR) is 45.6 cm³/mol. The summed E-state index contributed by atoms with van der Waals surface area (Å²) in [7, 11) is 0. The van der Waals surface area contributed by atoms with Crippen molar-refractivity contribution in [1.29, 1.82) is 0 Å². The topological polar surface area (TPSA) is 20.2 Å². The Labute approximate surface area is 76.7 Å². The number of hydrogen-bond donors (Lipinski definition) is 1. The number of hydrogen-bond acceptors (Lipinski definition) is 1. The van der Waals surface area contributed by atoms with Crippen molar-refractivity contribution in [2.45, 2.75) is 50.5 Å². The Kier molecular flexibility index (Phi) is 5.76. The first-order valence-electron chi connectivity index (χ1n) is 4.23. The molecule has 1 N–H and O–H groups in total. The van der Waals surface area contributed by atoms with E-state index in [9.17, 15) is 8.78 Å². The minimum absolute atomic E-state index is 0.0799. The van der Waals surface area contributed by atoms with E-state index in [-0.39, 0.29) is 6.42 Å². The van der Waals surface area contributed by atoms with Gasteiger partial charge in [0.1, 0.15) is 6.10 Å². The second kappa shape index (κ2) is 5.70. The first kappa shape index (κ1) is 12.1. The summed E-state index contributed by atoms with van der Waals surface area (Å²) in [5.74, 6) is 0. The molecular formula is C8H15ClF2O. The maximum absolute atomic E-state index is 12.1. The third-order valence-corrected chi connectivity index (χ3v) is 1.96. The zero-order valence-electron chi connectivity index (χ0n) is 7.19. The molecular weight excluding hydrogens is 186 g/mol. The smallest absolute Gasteiger partial charge is 0.347 e. The highest BCUT2D eigenvalue weighted by molar-refractivity contribution is 6.22. The number of alkyl halides is 3. The Hall–Kier alpha value is 0.110. The maximum Gasteiger partial charge on any atom is 0.347 e. The van der Waals surface area contributed by atoms with Gasteiger partial charge in [-0.05, 0) is 18.0 Å². The number of rotatable bonds is 6. The van der Waals surface area contributed by atoms with Crippen LogP contribution in [0.5, 0.6) is 0 Å². The number of unbranched alkanes of at least 4 members (excludes halogenated alkanes) is 3. The van der Waals surface area contributed by atoms with Gasteiger partial charge in [-0.1, -0.05) is 32.6 Å². The van der Waals surface area contributed by atoms with Gasteiger partial charge in [-0.15, -0.1) is 0 Å². The van der Waals surface area contributed by atoms with Crippen molar-refractivity contribution in [3.63, 3.8) is 0 Å². The molecule has 0 saturated carbocycles. The van der Waals surface area contributed by atoms with Crippen molar-refractivity contribution >= 4 is 11.6 Å². The molecule has 4 heteroatoms. The highest BCUT2D eigenvalue weighted by Gasteiger charge is 2.34. The predicted octanol–water partition coefficient (Wildman–Crippen LogP) is 3.15. The van der Waals surface area contributed by atoms with E-state index in [0.717, 1.165) is 19.3 Å². The van der Waals surface area contributed by atoms with Crippen LogP contribution in [0.25, 0.3) is 0 Å². The lowest BCUT2D eigenvalue weighted by Crippen LogP contribution is -2.26. The first-order chi connectivity index (χ1) is 5.48. The van der Waals surface area contributed by atoms with Crippen molar-refractivity contribution in [2.24, 2.45) is 0 Å². The summed E-state index contributed by atoms with van der Waals surface area (Å²) in [5, 5.41) is 5.34. The molecule has 0 amide bonds. The molecule has 0 aromatic carbocycles. The van der Waals surface area contributed by atoms with Crippen LogP contribution in [0.1, 0.15) is 39.0 Å². The van der Waals surface area contributed by atoms with E-state index in [4.69, 9.17) is 5.11 Å². The molecule has 0 spiro atoms. The van der Waals surface area contributed by atoms with Gasteiger partial charge in [-0.2, -0.15) is 8.78 Å². The summed E-state index contributed by atoms with van der Waals surface area (Å²) < 4.78 is 24.3. The third kappa shape index (κ3) is 5.72. The van der Waals surface area contributed by atoms with Gasteiger partial charge in [-0.25, -0.2) is 0 Å². The standard InChI is InChI=1S/C8H15ClF2O/c1-2-3-4-5-6-7(12)8(9,10)11/h7,12H,2-6H2,1H3. The van der Waals surface area contributed by atoms with E-state index in [1.807, 2.05) is 6.92 Å². The van der Waals surface area contributed by atoms with Crippen molar-refractivity contribution in [3.05, 3.63) is 0 Å². The van der Waals surface area contributed by atoms with Crippen LogP contribution < -0.4 is 0 Å². The number of aliphatic hydroxyl groups excluding tert-OH is 1. The van der Waals surface area contributed by atoms with E-state index in [0.29, 0.717) is 6.42 Å². The second-order valence-electron chi connectivity index (χ2n) is 2.91. The molecule has 0 bridgehead atoms. The Morgan fingerprint density at radius 2 is 1.92 bits per heavy atom. The van der Waals surface area contributed by atoms with Crippen LogP contribution in [0, 0.1) is 0 Å². The third-order valence-electron chi connectivity index (χ3n) is 1.71. The first-order valence-corrected chi connectivity index (χ1v) is 4.61. The highest BCUT2D eigenvalue weighted by Crippen LogP contribution is 2.26. The molecule has 1 atom stereocenters. The highest BCUT2D eigenvalue weighted by atomic mass is 35.5. The summed E-state index contributed by atoms with van der Waals surface area (Å²) in [6.45, 7) is 2.03. The molecule has 0 aromatic rings.